The number of amides is 1. The van der Waals surface area contributed by atoms with Crippen LogP contribution in [0.25, 0.3) is 10.9 Å². The van der Waals surface area contributed by atoms with Crippen LogP contribution in [-0.4, -0.2) is 15.7 Å². The van der Waals surface area contributed by atoms with Crippen molar-refractivity contribution in [1.82, 2.24) is 9.78 Å². The van der Waals surface area contributed by atoms with Crippen LogP contribution < -0.4 is 15.5 Å². The third kappa shape index (κ3) is 4.07. The minimum atomic E-state index is -0.544. The summed E-state index contributed by atoms with van der Waals surface area (Å²) in [4.78, 5) is 25.5. The van der Waals surface area contributed by atoms with E-state index < -0.39 is 5.91 Å². The molecule has 0 aliphatic rings. The fourth-order valence-corrected chi connectivity index (χ4v) is 3.20. The molecular formula is C24H21N3O3. The Hall–Kier alpha value is -3.93. The lowest BCUT2D eigenvalue weighted by Crippen LogP contribution is -2.26. The van der Waals surface area contributed by atoms with Crippen LogP contribution in [0.15, 0.2) is 77.6 Å². The maximum Gasteiger partial charge on any atom is 0.280 e. The van der Waals surface area contributed by atoms with E-state index in [4.69, 9.17) is 4.74 Å². The van der Waals surface area contributed by atoms with Crippen LogP contribution in [0.5, 0.6) is 5.75 Å². The van der Waals surface area contributed by atoms with Crippen LogP contribution in [0.2, 0.25) is 0 Å². The van der Waals surface area contributed by atoms with Gasteiger partial charge in [0.15, 0.2) is 5.69 Å². The van der Waals surface area contributed by atoms with Crippen LogP contribution in [-0.2, 0) is 13.7 Å². The molecule has 0 saturated heterocycles. The number of fused-ring (bicyclic) bond motifs is 1. The van der Waals surface area contributed by atoms with Gasteiger partial charge in [-0.2, -0.15) is 5.10 Å². The fraction of sp³-hybridized carbons (Fsp3) is 0.125. The van der Waals surface area contributed by atoms with Gasteiger partial charge >= 0.3 is 0 Å². The van der Waals surface area contributed by atoms with E-state index in [1.54, 1.807) is 42.1 Å². The first-order chi connectivity index (χ1) is 14.5. The molecule has 0 aliphatic carbocycles. The number of aryl methyl sites for hydroxylation is 2. The second-order valence-corrected chi connectivity index (χ2v) is 7.07. The lowest BCUT2D eigenvalue weighted by atomic mass is 10.1. The lowest BCUT2D eigenvalue weighted by molar-refractivity contribution is 0.101. The van der Waals surface area contributed by atoms with Gasteiger partial charge in [0.2, 0.25) is 5.43 Å². The number of nitrogens with zero attached hydrogens (tertiary/aromatic N) is 2. The number of hydrogen-bond donors (Lipinski definition) is 1. The highest BCUT2D eigenvalue weighted by Crippen LogP contribution is 2.18. The fourth-order valence-electron chi connectivity index (χ4n) is 3.20. The average Bonchev–Trinajstić information content (AvgIpc) is 2.76. The molecule has 6 nitrogen and oxygen atoms in total. The molecule has 0 fully saturated rings. The Labute approximate surface area is 173 Å². The number of carbonyl (C=O) groups excluding carboxylic acids is 1. The molecule has 4 aromatic rings. The molecule has 4 rings (SSSR count). The van der Waals surface area contributed by atoms with Gasteiger partial charge in [-0.3, -0.25) is 14.3 Å². The molecule has 1 heterocycles. The van der Waals surface area contributed by atoms with E-state index >= 15 is 0 Å². The van der Waals surface area contributed by atoms with Crippen molar-refractivity contribution in [3.05, 3.63) is 99.8 Å². The molecular weight excluding hydrogens is 378 g/mol. The summed E-state index contributed by atoms with van der Waals surface area (Å²) >= 11 is 0. The number of benzene rings is 3. The monoisotopic (exact) mass is 399 g/mol. The first-order valence-electron chi connectivity index (χ1n) is 9.57. The highest BCUT2D eigenvalue weighted by Gasteiger charge is 2.17. The molecule has 30 heavy (non-hydrogen) atoms. The van der Waals surface area contributed by atoms with Gasteiger partial charge in [0.1, 0.15) is 12.4 Å². The predicted molar refractivity (Wildman–Crippen MR) is 117 cm³/mol. The largest absolute Gasteiger partial charge is 0.489 e. The maximum atomic E-state index is 12.8. The van der Waals surface area contributed by atoms with E-state index in [-0.39, 0.29) is 11.1 Å². The van der Waals surface area contributed by atoms with Crippen molar-refractivity contribution >= 4 is 22.5 Å². The number of rotatable bonds is 5. The summed E-state index contributed by atoms with van der Waals surface area (Å²) in [6.45, 7) is 2.36. The molecule has 6 heteroatoms. The van der Waals surface area contributed by atoms with Crippen molar-refractivity contribution in [3.8, 4) is 5.75 Å². The van der Waals surface area contributed by atoms with Crippen LogP contribution in [0.3, 0.4) is 0 Å². The summed E-state index contributed by atoms with van der Waals surface area (Å²) in [5.41, 5.74) is 2.74. The number of nitrogens with one attached hydrogen (secondary N) is 1. The highest BCUT2D eigenvalue weighted by atomic mass is 16.5. The van der Waals surface area contributed by atoms with Gasteiger partial charge in [-0.15, -0.1) is 0 Å². The van der Waals surface area contributed by atoms with Crippen LogP contribution >= 0.6 is 0 Å². The van der Waals surface area contributed by atoms with Gasteiger partial charge in [0.25, 0.3) is 5.91 Å². The smallest absolute Gasteiger partial charge is 0.280 e. The number of ether oxygens (including phenoxy) is 1. The van der Waals surface area contributed by atoms with Crippen molar-refractivity contribution in [3.63, 3.8) is 0 Å². The van der Waals surface area contributed by atoms with Crippen molar-refractivity contribution in [2.75, 3.05) is 5.32 Å². The molecule has 3 aromatic carbocycles. The van der Waals surface area contributed by atoms with Gasteiger partial charge in [-0.05, 0) is 48.9 Å². The van der Waals surface area contributed by atoms with E-state index in [1.807, 2.05) is 49.4 Å². The Bertz CT molecular complexity index is 1260. The summed E-state index contributed by atoms with van der Waals surface area (Å²) in [6, 6.07) is 22.4. The van der Waals surface area contributed by atoms with Gasteiger partial charge in [-0.25, -0.2) is 0 Å². The standard InChI is InChI=1S/C24H21N3O3/c1-16-8-13-21-20(14-16)23(28)22(26-27(21)2)24(29)25-18-9-11-19(12-10-18)30-15-17-6-4-3-5-7-17/h3-14H,15H2,1-2H3,(H,25,29). The molecule has 0 spiro atoms. The second-order valence-electron chi connectivity index (χ2n) is 7.07. The Morgan fingerprint density at radius 1 is 1.03 bits per heavy atom. The number of anilines is 1. The minimum Gasteiger partial charge on any atom is -0.489 e. The molecule has 0 unspecified atom stereocenters. The van der Waals surface area contributed by atoms with Crippen LogP contribution in [0.1, 0.15) is 21.6 Å². The molecule has 1 N–H and O–H groups in total. The Morgan fingerprint density at radius 3 is 2.50 bits per heavy atom. The van der Waals surface area contributed by atoms with Gasteiger partial charge in [0, 0.05) is 12.7 Å². The third-order valence-electron chi connectivity index (χ3n) is 4.79. The molecule has 0 radical (unpaired) electrons. The number of carbonyl (C=O) groups is 1. The van der Waals surface area contributed by atoms with Crippen LogP contribution in [0, 0.1) is 6.92 Å². The predicted octanol–water partition coefficient (Wildman–Crippen LogP) is 4.07. The zero-order chi connectivity index (χ0) is 21.1. The zero-order valence-corrected chi connectivity index (χ0v) is 16.8. The highest BCUT2D eigenvalue weighted by molar-refractivity contribution is 6.04. The zero-order valence-electron chi connectivity index (χ0n) is 16.8. The maximum absolute atomic E-state index is 12.8. The topological polar surface area (TPSA) is 73.2 Å². The van der Waals surface area contributed by atoms with E-state index in [2.05, 4.69) is 10.4 Å². The normalized spacial score (nSPS) is 10.7. The quantitative estimate of drug-likeness (QED) is 0.549. The van der Waals surface area contributed by atoms with Crippen molar-refractivity contribution < 1.29 is 9.53 Å². The summed E-state index contributed by atoms with van der Waals surface area (Å²) < 4.78 is 7.30. The van der Waals surface area contributed by atoms with Gasteiger partial charge in [0.05, 0.1) is 10.9 Å². The minimum absolute atomic E-state index is 0.139. The summed E-state index contributed by atoms with van der Waals surface area (Å²) in [7, 11) is 1.72. The molecule has 1 aromatic heterocycles. The summed E-state index contributed by atoms with van der Waals surface area (Å²) in [6.07, 6.45) is 0. The number of aromatic nitrogens is 2. The Morgan fingerprint density at radius 2 is 1.77 bits per heavy atom. The van der Waals surface area contributed by atoms with E-state index in [0.29, 0.717) is 28.9 Å². The van der Waals surface area contributed by atoms with Crippen molar-refractivity contribution in [2.45, 2.75) is 13.5 Å². The van der Waals surface area contributed by atoms with E-state index in [9.17, 15) is 9.59 Å². The Kier molecular flexibility index (Phi) is 5.30. The molecule has 150 valence electrons. The van der Waals surface area contributed by atoms with Crippen LogP contribution in [0.4, 0.5) is 5.69 Å². The lowest BCUT2D eigenvalue weighted by Gasteiger charge is -2.10. The molecule has 0 bridgehead atoms. The van der Waals surface area contributed by atoms with E-state index in [0.717, 1.165) is 11.1 Å². The van der Waals surface area contributed by atoms with Crippen molar-refractivity contribution in [2.24, 2.45) is 7.05 Å². The number of hydrogen-bond acceptors (Lipinski definition) is 4. The van der Waals surface area contributed by atoms with Gasteiger partial charge < -0.3 is 10.1 Å². The first-order valence-corrected chi connectivity index (χ1v) is 9.57. The molecule has 0 aliphatic heterocycles. The summed E-state index contributed by atoms with van der Waals surface area (Å²) in [5, 5.41) is 7.39. The Balaban J connectivity index is 1.50. The van der Waals surface area contributed by atoms with Gasteiger partial charge in [-0.1, -0.05) is 42.0 Å². The second kappa shape index (κ2) is 8.21. The SMILES string of the molecule is Cc1ccc2c(c1)c(=O)c(C(=O)Nc1ccc(OCc3ccccc3)cc1)nn2C. The average molecular weight is 399 g/mol. The first kappa shape index (κ1) is 19.4. The van der Waals surface area contributed by atoms with E-state index in [1.165, 1.54) is 0 Å². The third-order valence-corrected chi connectivity index (χ3v) is 4.79. The molecule has 0 saturated carbocycles. The van der Waals surface area contributed by atoms with Crippen molar-refractivity contribution in [1.29, 1.82) is 0 Å². The molecule has 0 atom stereocenters. The molecule has 1 amide bonds. The summed E-state index contributed by atoms with van der Waals surface area (Å²) in [5.74, 6) is 0.143.